The normalized spacial score (nSPS) is 11.3. The lowest BCUT2D eigenvalue weighted by molar-refractivity contribution is 0.630. The van der Waals surface area contributed by atoms with Crippen LogP contribution < -0.4 is 11.4 Å². The summed E-state index contributed by atoms with van der Waals surface area (Å²) >= 11 is 0. The van der Waals surface area contributed by atoms with Crippen molar-refractivity contribution >= 4 is 22.6 Å². The summed E-state index contributed by atoms with van der Waals surface area (Å²) in [7, 11) is 0. The van der Waals surface area contributed by atoms with Gasteiger partial charge in [0, 0.05) is 6.20 Å². The van der Waals surface area contributed by atoms with Crippen molar-refractivity contribution < 1.29 is 4.39 Å². The molecule has 0 fully saturated rings. The Kier molecular flexibility index (Phi) is 2.43. The largest absolute Gasteiger partial charge is 0.368 e. The summed E-state index contributed by atoms with van der Waals surface area (Å²) in [6, 6.07) is 6.06. The van der Waals surface area contributed by atoms with Gasteiger partial charge in [0.2, 0.25) is 5.95 Å². The van der Waals surface area contributed by atoms with E-state index in [1.54, 1.807) is 12.1 Å². The van der Waals surface area contributed by atoms with Crippen molar-refractivity contribution in [2.24, 2.45) is 0 Å². The number of hydrogen-bond acceptors (Lipinski definition) is 6. The summed E-state index contributed by atoms with van der Waals surface area (Å²) in [4.78, 5) is 26.6. The smallest absolute Gasteiger partial charge is 0.349 e. The molecule has 0 unspecified atom stereocenters. The fraction of sp³-hybridized carbons (Fsp3) is 0. The zero-order valence-corrected chi connectivity index (χ0v) is 11.0. The van der Waals surface area contributed by atoms with Gasteiger partial charge < -0.3 is 5.73 Å². The number of nitrogen functional groups attached to an aromatic ring is 1. The fourth-order valence-corrected chi connectivity index (χ4v) is 2.19. The molecule has 3 aromatic heterocycles. The summed E-state index contributed by atoms with van der Waals surface area (Å²) in [5.74, 6) is -0.339. The molecule has 0 radical (unpaired) electrons. The predicted octanol–water partition coefficient (Wildman–Crippen LogP) is 0.749. The van der Waals surface area contributed by atoms with Crippen LogP contribution in [0.1, 0.15) is 0 Å². The van der Waals surface area contributed by atoms with E-state index < -0.39 is 11.5 Å². The van der Waals surface area contributed by atoms with E-state index >= 15 is 0 Å². The van der Waals surface area contributed by atoms with Crippen LogP contribution in [0.3, 0.4) is 0 Å². The molecule has 22 heavy (non-hydrogen) atoms. The summed E-state index contributed by atoms with van der Waals surface area (Å²) in [6.45, 7) is 0. The van der Waals surface area contributed by atoms with Crippen molar-refractivity contribution in [3.8, 4) is 11.4 Å². The van der Waals surface area contributed by atoms with Crippen LogP contribution in [0.4, 0.5) is 10.3 Å². The highest BCUT2D eigenvalue weighted by Gasteiger charge is 2.15. The number of halogens is 1. The first kappa shape index (κ1) is 12.4. The minimum absolute atomic E-state index is 0.0290. The van der Waals surface area contributed by atoms with Crippen LogP contribution in [0.25, 0.3) is 28.1 Å². The monoisotopic (exact) mass is 297 g/mol. The van der Waals surface area contributed by atoms with Crippen molar-refractivity contribution in [1.29, 1.82) is 0 Å². The first-order valence-corrected chi connectivity index (χ1v) is 6.29. The number of rotatable bonds is 1. The van der Waals surface area contributed by atoms with E-state index in [0.29, 0.717) is 5.39 Å². The Labute approximate surface area is 121 Å². The SMILES string of the molecule is Nc1ncc2c(n1)[nH]c(=O)n1nc(-c3ccccc3F)nc21. The Bertz CT molecular complexity index is 1080. The van der Waals surface area contributed by atoms with E-state index in [0.717, 1.165) is 4.52 Å². The van der Waals surface area contributed by atoms with Gasteiger partial charge in [-0.1, -0.05) is 12.1 Å². The predicted molar refractivity (Wildman–Crippen MR) is 76.5 cm³/mol. The molecule has 0 aliphatic carbocycles. The molecule has 4 rings (SSSR count). The van der Waals surface area contributed by atoms with E-state index in [1.165, 1.54) is 18.3 Å². The number of nitrogens with two attached hydrogens (primary N) is 1. The minimum Gasteiger partial charge on any atom is -0.368 e. The molecule has 0 spiro atoms. The number of nitrogens with zero attached hydrogens (tertiary/aromatic N) is 5. The van der Waals surface area contributed by atoms with Crippen LogP contribution >= 0.6 is 0 Å². The number of aromatic amines is 1. The highest BCUT2D eigenvalue weighted by Crippen LogP contribution is 2.21. The van der Waals surface area contributed by atoms with Crippen molar-refractivity contribution in [1.82, 2.24) is 29.5 Å². The van der Waals surface area contributed by atoms with Crippen molar-refractivity contribution in [2.45, 2.75) is 0 Å². The zero-order chi connectivity index (χ0) is 15.3. The maximum atomic E-state index is 13.9. The van der Waals surface area contributed by atoms with E-state index in [1.807, 2.05) is 0 Å². The molecular weight excluding hydrogens is 289 g/mol. The molecule has 0 aliphatic heterocycles. The van der Waals surface area contributed by atoms with Gasteiger partial charge in [-0.3, -0.25) is 4.98 Å². The molecule has 108 valence electrons. The van der Waals surface area contributed by atoms with Gasteiger partial charge in [-0.2, -0.15) is 9.50 Å². The van der Waals surface area contributed by atoms with Crippen LogP contribution in [-0.4, -0.2) is 29.5 Å². The topological polar surface area (TPSA) is 115 Å². The second kappa shape index (κ2) is 4.32. The molecule has 0 atom stereocenters. The summed E-state index contributed by atoms with van der Waals surface area (Å²) in [5.41, 5.74) is 5.64. The van der Waals surface area contributed by atoms with Gasteiger partial charge in [0.05, 0.1) is 10.9 Å². The molecular formula is C13H8FN7O. The second-order valence-corrected chi connectivity index (χ2v) is 4.57. The quantitative estimate of drug-likeness (QED) is 0.535. The molecule has 4 aromatic rings. The van der Waals surface area contributed by atoms with Crippen molar-refractivity contribution in [3.63, 3.8) is 0 Å². The van der Waals surface area contributed by atoms with Gasteiger partial charge in [-0.15, -0.1) is 5.10 Å². The van der Waals surface area contributed by atoms with E-state index in [9.17, 15) is 9.18 Å². The Balaban J connectivity index is 2.09. The number of hydrogen-bond donors (Lipinski definition) is 2. The number of aromatic nitrogens is 6. The second-order valence-electron chi connectivity index (χ2n) is 4.57. The first-order chi connectivity index (χ1) is 10.6. The molecule has 0 aliphatic rings. The Morgan fingerprint density at radius 3 is 2.86 bits per heavy atom. The molecule has 3 N–H and O–H groups in total. The van der Waals surface area contributed by atoms with Gasteiger partial charge in [0.15, 0.2) is 17.1 Å². The molecule has 1 aromatic carbocycles. The van der Waals surface area contributed by atoms with Gasteiger partial charge in [0.25, 0.3) is 0 Å². The Hall–Kier alpha value is -3.36. The third kappa shape index (κ3) is 1.72. The van der Waals surface area contributed by atoms with Gasteiger partial charge in [0.1, 0.15) is 5.82 Å². The molecule has 8 nitrogen and oxygen atoms in total. The van der Waals surface area contributed by atoms with Crippen LogP contribution in [0.5, 0.6) is 0 Å². The number of benzene rings is 1. The Morgan fingerprint density at radius 1 is 1.23 bits per heavy atom. The molecule has 0 saturated heterocycles. The number of anilines is 1. The highest BCUT2D eigenvalue weighted by molar-refractivity contribution is 5.88. The van der Waals surface area contributed by atoms with Crippen molar-refractivity contribution in [2.75, 3.05) is 5.73 Å². The number of fused-ring (bicyclic) bond motifs is 3. The van der Waals surface area contributed by atoms with E-state index in [-0.39, 0.29) is 28.6 Å². The zero-order valence-electron chi connectivity index (χ0n) is 11.0. The maximum Gasteiger partial charge on any atom is 0.349 e. The fourth-order valence-electron chi connectivity index (χ4n) is 2.19. The van der Waals surface area contributed by atoms with Crippen LogP contribution in [0.15, 0.2) is 35.3 Å². The lowest BCUT2D eigenvalue weighted by atomic mass is 10.2. The third-order valence-electron chi connectivity index (χ3n) is 3.19. The van der Waals surface area contributed by atoms with E-state index in [2.05, 4.69) is 25.0 Å². The van der Waals surface area contributed by atoms with E-state index in [4.69, 9.17) is 5.73 Å². The Morgan fingerprint density at radius 2 is 2.05 bits per heavy atom. The average molecular weight is 297 g/mol. The molecule has 0 amide bonds. The number of H-pyrrole nitrogens is 1. The van der Waals surface area contributed by atoms with Crippen molar-refractivity contribution in [3.05, 3.63) is 46.8 Å². The van der Waals surface area contributed by atoms with Gasteiger partial charge >= 0.3 is 5.69 Å². The van der Waals surface area contributed by atoms with Gasteiger partial charge in [-0.25, -0.2) is 19.2 Å². The lowest BCUT2D eigenvalue weighted by Crippen LogP contribution is -2.18. The summed E-state index contributed by atoms with van der Waals surface area (Å²) < 4.78 is 14.9. The molecule has 9 heteroatoms. The lowest BCUT2D eigenvalue weighted by Gasteiger charge is -1.98. The average Bonchev–Trinajstić information content (AvgIpc) is 2.93. The number of nitrogens with one attached hydrogen (secondary N) is 1. The summed E-state index contributed by atoms with van der Waals surface area (Å²) in [6.07, 6.45) is 1.43. The standard InChI is InChI=1S/C13H8FN7O/c14-8-4-2-1-3-6(8)10-17-11-7-5-16-12(15)18-9(7)19-13(22)21(11)20-10/h1-5H,(H3,15,16,18,19,22). The molecule has 0 bridgehead atoms. The first-order valence-electron chi connectivity index (χ1n) is 6.29. The molecule has 0 saturated carbocycles. The third-order valence-corrected chi connectivity index (χ3v) is 3.19. The summed E-state index contributed by atoms with van der Waals surface area (Å²) in [5, 5.41) is 4.51. The maximum absolute atomic E-state index is 13.9. The minimum atomic E-state index is -0.546. The highest BCUT2D eigenvalue weighted by atomic mass is 19.1. The molecule has 3 heterocycles. The van der Waals surface area contributed by atoms with Crippen LogP contribution in [0, 0.1) is 5.82 Å². The van der Waals surface area contributed by atoms with Crippen LogP contribution in [-0.2, 0) is 0 Å². The van der Waals surface area contributed by atoms with Gasteiger partial charge in [-0.05, 0) is 12.1 Å². The van der Waals surface area contributed by atoms with Crippen LogP contribution in [0.2, 0.25) is 0 Å².